The zero-order valence-electron chi connectivity index (χ0n) is 12.7. The lowest BCUT2D eigenvalue weighted by Crippen LogP contribution is -2.38. The summed E-state index contributed by atoms with van der Waals surface area (Å²) in [5.74, 6) is -0.879. The summed E-state index contributed by atoms with van der Waals surface area (Å²) in [6.45, 7) is 3.16. The van der Waals surface area contributed by atoms with Crippen LogP contribution in [0.5, 0.6) is 0 Å². The molecule has 0 radical (unpaired) electrons. The molecule has 1 aliphatic rings. The number of fused-ring (bicyclic) bond motifs is 1. The Morgan fingerprint density at radius 1 is 1.22 bits per heavy atom. The summed E-state index contributed by atoms with van der Waals surface area (Å²) in [4.78, 5) is 14.3. The van der Waals surface area contributed by atoms with Crippen molar-refractivity contribution in [2.75, 3.05) is 19.6 Å². The van der Waals surface area contributed by atoms with E-state index >= 15 is 0 Å². The van der Waals surface area contributed by atoms with Crippen molar-refractivity contribution in [2.45, 2.75) is 13.0 Å². The standard InChI is InChI=1S/C18H18BrFN2O/c19-15-5-6-16(17(20)11-15)18(23)21-8-10-22-9-7-13-3-1-2-4-14(13)12-22/h1-6,11H,7-10,12H2,(H,21,23). The molecule has 1 amide bonds. The molecule has 2 aromatic carbocycles. The zero-order chi connectivity index (χ0) is 16.2. The zero-order valence-corrected chi connectivity index (χ0v) is 14.3. The molecule has 0 saturated carbocycles. The van der Waals surface area contributed by atoms with Gasteiger partial charge in [0.25, 0.3) is 5.91 Å². The van der Waals surface area contributed by atoms with Crippen molar-refractivity contribution in [2.24, 2.45) is 0 Å². The highest BCUT2D eigenvalue weighted by Gasteiger charge is 2.16. The summed E-state index contributed by atoms with van der Waals surface area (Å²) >= 11 is 3.19. The number of benzene rings is 2. The van der Waals surface area contributed by atoms with E-state index in [-0.39, 0.29) is 11.5 Å². The van der Waals surface area contributed by atoms with E-state index in [0.29, 0.717) is 11.0 Å². The van der Waals surface area contributed by atoms with Crippen LogP contribution in [0, 0.1) is 5.82 Å². The summed E-state index contributed by atoms with van der Waals surface area (Å²) in [6.07, 6.45) is 1.03. The molecule has 23 heavy (non-hydrogen) atoms. The average molecular weight is 377 g/mol. The molecule has 1 N–H and O–H groups in total. The largest absolute Gasteiger partial charge is 0.351 e. The molecule has 0 aliphatic carbocycles. The van der Waals surface area contributed by atoms with Crippen LogP contribution in [-0.4, -0.2) is 30.4 Å². The third-order valence-corrected chi connectivity index (χ3v) is 4.59. The van der Waals surface area contributed by atoms with Crippen molar-refractivity contribution in [1.29, 1.82) is 0 Å². The lowest BCUT2D eigenvalue weighted by atomic mass is 10.00. The van der Waals surface area contributed by atoms with Gasteiger partial charge in [0.2, 0.25) is 0 Å². The molecule has 0 spiro atoms. The SMILES string of the molecule is O=C(NCCN1CCc2ccccc2C1)c1ccc(Br)cc1F. The molecule has 5 heteroatoms. The summed E-state index contributed by atoms with van der Waals surface area (Å²) in [7, 11) is 0. The van der Waals surface area contributed by atoms with Gasteiger partial charge >= 0.3 is 0 Å². The van der Waals surface area contributed by atoms with Gasteiger partial charge in [-0.25, -0.2) is 4.39 Å². The van der Waals surface area contributed by atoms with Crippen LogP contribution < -0.4 is 5.32 Å². The maximum Gasteiger partial charge on any atom is 0.254 e. The van der Waals surface area contributed by atoms with Gasteiger partial charge in [0.1, 0.15) is 5.82 Å². The van der Waals surface area contributed by atoms with Crippen LogP contribution in [0.3, 0.4) is 0 Å². The molecule has 3 rings (SSSR count). The van der Waals surface area contributed by atoms with Gasteiger partial charge < -0.3 is 5.32 Å². The Hall–Kier alpha value is -1.72. The van der Waals surface area contributed by atoms with E-state index in [1.165, 1.54) is 23.3 Å². The van der Waals surface area contributed by atoms with Crippen LogP contribution in [0.1, 0.15) is 21.5 Å². The first-order valence-corrected chi connectivity index (χ1v) is 8.45. The fourth-order valence-electron chi connectivity index (χ4n) is 2.84. The number of nitrogens with zero attached hydrogens (tertiary/aromatic N) is 1. The third kappa shape index (κ3) is 3.98. The van der Waals surface area contributed by atoms with Crippen LogP contribution in [0.15, 0.2) is 46.9 Å². The van der Waals surface area contributed by atoms with E-state index in [1.807, 2.05) is 0 Å². The van der Waals surface area contributed by atoms with Gasteiger partial charge in [-0.15, -0.1) is 0 Å². The lowest BCUT2D eigenvalue weighted by Gasteiger charge is -2.28. The third-order valence-electron chi connectivity index (χ3n) is 4.10. The molecule has 0 atom stereocenters. The highest BCUT2D eigenvalue weighted by Crippen LogP contribution is 2.18. The van der Waals surface area contributed by atoms with Crippen LogP contribution >= 0.6 is 15.9 Å². The number of nitrogens with one attached hydrogen (secondary N) is 1. The number of halogens is 2. The van der Waals surface area contributed by atoms with E-state index in [1.54, 1.807) is 6.07 Å². The molecular weight excluding hydrogens is 359 g/mol. The highest BCUT2D eigenvalue weighted by atomic mass is 79.9. The molecule has 0 aromatic heterocycles. The first-order valence-electron chi connectivity index (χ1n) is 7.66. The van der Waals surface area contributed by atoms with E-state index in [4.69, 9.17) is 0 Å². The van der Waals surface area contributed by atoms with Gasteiger partial charge in [-0.05, 0) is 35.7 Å². The Morgan fingerprint density at radius 3 is 2.78 bits per heavy atom. The minimum Gasteiger partial charge on any atom is -0.351 e. The van der Waals surface area contributed by atoms with E-state index in [9.17, 15) is 9.18 Å². The van der Waals surface area contributed by atoms with Gasteiger partial charge in [-0.2, -0.15) is 0 Å². The van der Waals surface area contributed by atoms with Gasteiger partial charge in [-0.1, -0.05) is 40.2 Å². The molecular formula is C18H18BrFN2O. The molecule has 0 unspecified atom stereocenters. The first-order chi connectivity index (χ1) is 11.1. The van der Waals surface area contributed by atoms with Crippen molar-refractivity contribution in [3.05, 3.63) is 69.4 Å². The number of rotatable bonds is 4. The molecule has 2 aromatic rings. The Labute approximate surface area is 143 Å². The number of carbonyl (C=O) groups is 1. The summed E-state index contributed by atoms with van der Waals surface area (Å²) in [5, 5.41) is 2.79. The number of hydrogen-bond donors (Lipinski definition) is 1. The van der Waals surface area contributed by atoms with Gasteiger partial charge in [0.05, 0.1) is 5.56 Å². The van der Waals surface area contributed by atoms with Crippen molar-refractivity contribution >= 4 is 21.8 Å². The van der Waals surface area contributed by atoms with Crippen molar-refractivity contribution in [1.82, 2.24) is 10.2 Å². The predicted molar refractivity (Wildman–Crippen MR) is 91.9 cm³/mol. The minimum atomic E-state index is -0.510. The maximum atomic E-state index is 13.7. The fraction of sp³-hybridized carbons (Fsp3) is 0.278. The Balaban J connectivity index is 1.51. The van der Waals surface area contributed by atoms with Crippen molar-refractivity contribution in [3.8, 4) is 0 Å². The van der Waals surface area contributed by atoms with Crippen LogP contribution in [0.25, 0.3) is 0 Å². The van der Waals surface area contributed by atoms with Crippen LogP contribution in [0.2, 0.25) is 0 Å². The molecule has 1 aliphatic heterocycles. The molecule has 0 fully saturated rings. The second kappa shape index (κ2) is 7.23. The molecule has 3 nitrogen and oxygen atoms in total. The Bertz CT molecular complexity index is 720. The smallest absolute Gasteiger partial charge is 0.254 e. The van der Waals surface area contributed by atoms with Crippen LogP contribution in [-0.2, 0) is 13.0 Å². The summed E-state index contributed by atoms with van der Waals surface area (Å²) in [6, 6.07) is 12.9. The normalized spacial score (nSPS) is 14.3. The summed E-state index contributed by atoms with van der Waals surface area (Å²) < 4.78 is 14.4. The molecule has 120 valence electrons. The highest BCUT2D eigenvalue weighted by molar-refractivity contribution is 9.10. The summed E-state index contributed by atoms with van der Waals surface area (Å²) in [5.41, 5.74) is 2.84. The lowest BCUT2D eigenvalue weighted by molar-refractivity contribution is 0.0943. The maximum absolute atomic E-state index is 13.7. The van der Waals surface area contributed by atoms with Crippen molar-refractivity contribution in [3.63, 3.8) is 0 Å². The Morgan fingerprint density at radius 2 is 2.00 bits per heavy atom. The van der Waals surface area contributed by atoms with Crippen molar-refractivity contribution < 1.29 is 9.18 Å². The average Bonchev–Trinajstić information content (AvgIpc) is 2.54. The van der Waals surface area contributed by atoms with Gasteiger partial charge in [-0.3, -0.25) is 9.69 Å². The second-order valence-electron chi connectivity index (χ2n) is 5.67. The van der Waals surface area contributed by atoms with E-state index < -0.39 is 5.82 Å². The van der Waals surface area contributed by atoms with E-state index in [0.717, 1.165) is 26.1 Å². The molecule has 0 saturated heterocycles. The fourth-order valence-corrected chi connectivity index (χ4v) is 3.17. The second-order valence-corrected chi connectivity index (χ2v) is 6.59. The van der Waals surface area contributed by atoms with Crippen LogP contribution in [0.4, 0.5) is 4.39 Å². The monoisotopic (exact) mass is 376 g/mol. The van der Waals surface area contributed by atoms with Gasteiger partial charge in [0.15, 0.2) is 0 Å². The minimum absolute atomic E-state index is 0.0807. The number of amides is 1. The topological polar surface area (TPSA) is 32.3 Å². The predicted octanol–water partition coefficient (Wildman–Crippen LogP) is 3.38. The van der Waals surface area contributed by atoms with E-state index in [2.05, 4.69) is 50.4 Å². The van der Waals surface area contributed by atoms with Gasteiger partial charge in [0, 0.05) is 30.7 Å². The number of hydrogen-bond acceptors (Lipinski definition) is 2. The quantitative estimate of drug-likeness (QED) is 0.886. The first kappa shape index (κ1) is 16.1. The molecule has 0 bridgehead atoms. The molecule has 1 heterocycles. The number of carbonyl (C=O) groups excluding carboxylic acids is 1. The Kier molecular flexibility index (Phi) is 5.08.